The molecule has 3 amide bonds. The number of piperidine rings is 1. The number of carbonyl (C=O) groups is 3. The van der Waals surface area contributed by atoms with E-state index >= 15 is 0 Å². The molecule has 0 aromatic heterocycles. The Morgan fingerprint density at radius 1 is 1.20 bits per heavy atom. The molecule has 0 aliphatic carbocycles. The summed E-state index contributed by atoms with van der Waals surface area (Å²) in [5.74, 6) is -0.384. The van der Waals surface area contributed by atoms with Crippen molar-refractivity contribution in [1.29, 1.82) is 0 Å². The van der Waals surface area contributed by atoms with Gasteiger partial charge in [-0.15, -0.1) is 0 Å². The third kappa shape index (κ3) is 5.69. The molecule has 0 bridgehead atoms. The minimum absolute atomic E-state index is 0.0838. The molecule has 9 nitrogen and oxygen atoms in total. The second kappa shape index (κ2) is 10.4. The second-order valence-corrected chi connectivity index (χ2v) is 10.2. The smallest absolute Gasteiger partial charge is 0.405 e. The van der Waals surface area contributed by atoms with Gasteiger partial charge in [0.1, 0.15) is 11.9 Å². The summed E-state index contributed by atoms with van der Waals surface area (Å²) in [5, 5.41) is 14.2. The van der Waals surface area contributed by atoms with Crippen molar-refractivity contribution >= 4 is 23.6 Å². The number of hydrogen-bond acceptors (Lipinski definition) is 5. The fourth-order valence-corrected chi connectivity index (χ4v) is 5.77. The summed E-state index contributed by atoms with van der Waals surface area (Å²) >= 11 is 0. The Labute approximate surface area is 205 Å². The first-order valence-electron chi connectivity index (χ1n) is 12.5. The Bertz CT molecular complexity index is 934. The fourth-order valence-electron chi connectivity index (χ4n) is 5.77. The van der Waals surface area contributed by atoms with Gasteiger partial charge >= 0.3 is 6.09 Å². The maximum Gasteiger partial charge on any atom is 0.405 e. The maximum absolute atomic E-state index is 13.2. The highest BCUT2D eigenvalue weighted by Gasteiger charge is 2.48. The molecule has 3 N–H and O–H groups in total. The number of nitrogens with one attached hydrogen (secondary N) is 2. The summed E-state index contributed by atoms with van der Waals surface area (Å²) in [7, 11) is 0. The number of amides is 3. The van der Waals surface area contributed by atoms with Crippen LogP contribution in [0.4, 0.5) is 14.9 Å². The molecule has 0 radical (unpaired) electrons. The summed E-state index contributed by atoms with van der Waals surface area (Å²) in [4.78, 5) is 42.6. The van der Waals surface area contributed by atoms with E-state index < -0.39 is 17.6 Å². The third-order valence-corrected chi connectivity index (χ3v) is 7.92. The topological polar surface area (TPSA) is 105 Å². The first-order chi connectivity index (χ1) is 16.7. The molecule has 3 atom stereocenters. The molecule has 1 spiro atoms. The van der Waals surface area contributed by atoms with E-state index in [4.69, 9.17) is 5.11 Å². The number of benzene rings is 1. The Hall–Kier alpha value is -2.88. The summed E-state index contributed by atoms with van der Waals surface area (Å²) in [5.41, 5.74) is 0.610. The van der Waals surface area contributed by atoms with Gasteiger partial charge in [0.15, 0.2) is 0 Å². The Kier molecular flexibility index (Phi) is 7.49. The van der Waals surface area contributed by atoms with Gasteiger partial charge in [-0.3, -0.25) is 14.5 Å². The number of rotatable bonds is 6. The summed E-state index contributed by atoms with van der Waals surface area (Å²) in [6, 6.07) is 6.34. The highest BCUT2D eigenvalue weighted by atomic mass is 19.1. The Morgan fingerprint density at radius 2 is 1.89 bits per heavy atom. The first kappa shape index (κ1) is 25.2. The van der Waals surface area contributed by atoms with E-state index in [1.54, 1.807) is 11.8 Å². The molecule has 3 heterocycles. The number of anilines is 1. The van der Waals surface area contributed by atoms with Gasteiger partial charge in [-0.1, -0.05) is 0 Å². The van der Waals surface area contributed by atoms with Gasteiger partial charge in [0.05, 0.1) is 5.41 Å². The largest absolute Gasteiger partial charge is 0.465 e. The van der Waals surface area contributed by atoms with Crippen LogP contribution in [0.3, 0.4) is 0 Å². The van der Waals surface area contributed by atoms with Crippen molar-refractivity contribution in [1.82, 2.24) is 20.4 Å². The molecule has 3 saturated heterocycles. The molecule has 3 fully saturated rings. The molecule has 3 aliphatic rings. The second-order valence-electron chi connectivity index (χ2n) is 10.2. The summed E-state index contributed by atoms with van der Waals surface area (Å²) in [6.07, 6.45) is 1.65. The zero-order valence-electron chi connectivity index (χ0n) is 20.5. The van der Waals surface area contributed by atoms with Crippen molar-refractivity contribution in [2.45, 2.75) is 57.7 Å². The molecule has 1 aromatic carbocycles. The molecular formula is C25H36FN5O4. The Balaban J connectivity index is 1.24. The maximum atomic E-state index is 13.2. The van der Waals surface area contributed by atoms with Crippen LogP contribution in [0, 0.1) is 11.2 Å². The zero-order chi connectivity index (χ0) is 25.2. The van der Waals surface area contributed by atoms with Gasteiger partial charge in [-0.25, -0.2) is 9.18 Å². The molecule has 1 aromatic rings. The lowest BCUT2D eigenvalue weighted by molar-refractivity contribution is -0.139. The van der Waals surface area contributed by atoms with Crippen LogP contribution in [0.25, 0.3) is 0 Å². The Morgan fingerprint density at radius 3 is 2.51 bits per heavy atom. The van der Waals surface area contributed by atoms with Gasteiger partial charge < -0.3 is 25.5 Å². The van der Waals surface area contributed by atoms with E-state index in [9.17, 15) is 18.8 Å². The van der Waals surface area contributed by atoms with Gasteiger partial charge in [0.2, 0.25) is 11.8 Å². The first-order valence-corrected chi connectivity index (χ1v) is 12.5. The van der Waals surface area contributed by atoms with Crippen molar-refractivity contribution in [2.24, 2.45) is 5.41 Å². The number of piperazine rings is 1. The number of halogens is 1. The van der Waals surface area contributed by atoms with Crippen LogP contribution in [-0.2, 0) is 9.59 Å². The molecule has 35 heavy (non-hydrogen) atoms. The van der Waals surface area contributed by atoms with E-state index in [0.717, 1.165) is 44.7 Å². The minimum Gasteiger partial charge on any atom is -0.465 e. The summed E-state index contributed by atoms with van der Waals surface area (Å²) < 4.78 is 13.2. The van der Waals surface area contributed by atoms with Crippen LogP contribution in [0.1, 0.15) is 39.5 Å². The molecule has 4 rings (SSSR count). The molecule has 0 saturated carbocycles. The van der Waals surface area contributed by atoms with E-state index in [0.29, 0.717) is 32.0 Å². The van der Waals surface area contributed by atoms with Crippen LogP contribution >= 0.6 is 0 Å². The standard InChI is InChI=1S/C25H36FN5O4/c1-17-16-31(21-5-3-19(26)4-6-21)14-13-29(17)10-7-20-15-25(23(33)28-20)8-11-30(12-9-25)22(32)18(2)27-24(34)35/h3-6,17-18,20,27H,7-16H2,1-2H3,(H,28,33)(H,34,35). The van der Waals surface area contributed by atoms with Crippen LogP contribution in [0.2, 0.25) is 0 Å². The van der Waals surface area contributed by atoms with Gasteiger partial charge in [-0.05, 0) is 63.8 Å². The molecule has 192 valence electrons. The van der Waals surface area contributed by atoms with Crippen molar-refractivity contribution in [3.05, 3.63) is 30.1 Å². The fraction of sp³-hybridized carbons (Fsp3) is 0.640. The SMILES string of the molecule is CC(NC(=O)O)C(=O)N1CCC2(CC1)CC(CCN1CCN(c3ccc(F)cc3)CC1C)NC2=O. The van der Waals surface area contributed by atoms with E-state index in [-0.39, 0.29) is 23.7 Å². The van der Waals surface area contributed by atoms with Crippen LogP contribution in [0.15, 0.2) is 24.3 Å². The highest BCUT2D eigenvalue weighted by Crippen LogP contribution is 2.41. The van der Waals surface area contributed by atoms with Crippen molar-refractivity contribution in [3.63, 3.8) is 0 Å². The number of likely N-dealkylation sites (tertiary alicyclic amines) is 1. The van der Waals surface area contributed by atoms with Gasteiger partial charge in [-0.2, -0.15) is 0 Å². The number of nitrogens with zero attached hydrogens (tertiary/aromatic N) is 3. The highest BCUT2D eigenvalue weighted by molar-refractivity contribution is 5.87. The number of carbonyl (C=O) groups excluding carboxylic acids is 2. The van der Waals surface area contributed by atoms with E-state index in [1.807, 2.05) is 12.1 Å². The van der Waals surface area contributed by atoms with Crippen LogP contribution in [0.5, 0.6) is 0 Å². The zero-order valence-corrected chi connectivity index (χ0v) is 20.5. The van der Waals surface area contributed by atoms with E-state index in [2.05, 4.69) is 27.4 Å². The molecule has 3 aliphatic heterocycles. The summed E-state index contributed by atoms with van der Waals surface area (Å²) in [6.45, 7) is 8.27. The predicted molar refractivity (Wildman–Crippen MR) is 130 cm³/mol. The van der Waals surface area contributed by atoms with Crippen LogP contribution in [-0.4, -0.2) is 90.2 Å². The lowest BCUT2D eigenvalue weighted by atomic mass is 9.75. The monoisotopic (exact) mass is 489 g/mol. The lowest BCUT2D eigenvalue weighted by Gasteiger charge is -2.41. The van der Waals surface area contributed by atoms with Gasteiger partial charge in [0.25, 0.3) is 0 Å². The lowest BCUT2D eigenvalue weighted by Crippen LogP contribution is -2.52. The van der Waals surface area contributed by atoms with E-state index in [1.165, 1.54) is 12.1 Å². The molecule has 3 unspecified atom stereocenters. The molecule has 10 heteroatoms. The quantitative estimate of drug-likeness (QED) is 0.564. The normalized spacial score (nSPS) is 25.4. The number of carboxylic acid groups (broad SMARTS) is 1. The van der Waals surface area contributed by atoms with Crippen molar-refractivity contribution in [3.8, 4) is 0 Å². The van der Waals surface area contributed by atoms with Crippen molar-refractivity contribution < 1.29 is 23.9 Å². The molecular weight excluding hydrogens is 453 g/mol. The van der Waals surface area contributed by atoms with Gasteiger partial charge in [0, 0.05) is 57.0 Å². The average molecular weight is 490 g/mol. The minimum atomic E-state index is -1.22. The predicted octanol–water partition coefficient (Wildman–Crippen LogP) is 1.88. The van der Waals surface area contributed by atoms with Crippen LogP contribution < -0.4 is 15.5 Å². The third-order valence-electron chi connectivity index (χ3n) is 7.92. The average Bonchev–Trinajstić information content (AvgIpc) is 3.12. The van der Waals surface area contributed by atoms with Crippen molar-refractivity contribution in [2.75, 3.05) is 44.2 Å². The number of hydrogen-bond donors (Lipinski definition) is 3.